The molecule has 0 spiro atoms. The summed E-state index contributed by atoms with van der Waals surface area (Å²) < 4.78 is 41.8. The van der Waals surface area contributed by atoms with Gasteiger partial charge in [-0.1, -0.05) is 101 Å². The first-order valence-corrected chi connectivity index (χ1v) is 23.7. The minimum Gasteiger partial charge on any atom is -0.461 e. The SMILES string of the molecule is CC(=O)O[C@@]12CO[C@@H]1C[C@H](OC(=O)CBr)[C@@]1(C)C(=O)C(=O)C3C(C)[C@@H](OC(=O)[C@H](OC(=O)CBr)[C@@H](NC(=O)OC(C)(C)C)c4ccccc4)C[C@@](O)([C@@H](OC(=O)c4ccccc4)[C@H]21)C3(C)C. The number of ketones is 2. The number of ether oxygens (including phenoxy) is 7. The molecule has 2 aromatic rings. The number of esters is 5. The van der Waals surface area contributed by atoms with Crippen LogP contribution >= 0.6 is 31.9 Å². The minimum atomic E-state index is -2.45. The molecular formula is C47H55Br2NO16. The second kappa shape index (κ2) is 19.1. The molecule has 17 nitrogen and oxygen atoms in total. The number of Topliss-reactive ketones (excluding diaryl/α,β-unsaturated/α-hetero) is 2. The van der Waals surface area contributed by atoms with Gasteiger partial charge in [-0.25, -0.2) is 14.4 Å². The van der Waals surface area contributed by atoms with Crippen LogP contribution in [-0.4, -0.2) is 117 Å². The Kier molecular flexibility index (Phi) is 14.7. The van der Waals surface area contributed by atoms with Gasteiger partial charge in [-0.05, 0) is 45.4 Å². The Morgan fingerprint density at radius 3 is 2.05 bits per heavy atom. The van der Waals surface area contributed by atoms with Gasteiger partial charge in [0, 0.05) is 37.0 Å². The number of aliphatic hydroxyl groups is 1. The molecule has 19 heteroatoms. The monoisotopic (exact) mass is 1050 g/mol. The zero-order valence-electron chi connectivity index (χ0n) is 37.8. The maximum absolute atomic E-state index is 15.4. The average molecular weight is 1050 g/mol. The van der Waals surface area contributed by atoms with Crippen LogP contribution in [0.2, 0.25) is 0 Å². The Balaban J connectivity index is 1.54. The van der Waals surface area contributed by atoms with E-state index in [2.05, 4.69) is 37.2 Å². The largest absolute Gasteiger partial charge is 0.461 e. The van der Waals surface area contributed by atoms with E-state index in [-0.39, 0.29) is 29.3 Å². The third-order valence-electron chi connectivity index (χ3n) is 13.6. The van der Waals surface area contributed by atoms with Crippen LogP contribution < -0.4 is 5.32 Å². The van der Waals surface area contributed by atoms with E-state index in [4.69, 9.17) is 33.2 Å². The van der Waals surface area contributed by atoms with Crippen molar-refractivity contribution in [1.29, 1.82) is 0 Å². The molecular weight excluding hydrogens is 994 g/mol. The molecule has 0 aromatic heterocycles. The number of nitrogens with one attached hydrogen (secondary N) is 1. The predicted octanol–water partition coefficient (Wildman–Crippen LogP) is 5.30. The quantitative estimate of drug-likeness (QED) is 0.119. The lowest BCUT2D eigenvalue weighted by Gasteiger charge is -2.68. The second-order valence-electron chi connectivity index (χ2n) is 19.1. The molecule has 12 atom stereocenters. The zero-order chi connectivity index (χ0) is 48.7. The van der Waals surface area contributed by atoms with Crippen molar-refractivity contribution in [3.8, 4) is 0 Å². The number of halogens is 2. The summed E-state index contributed by atoms with van der Waals surface area (Å²) in [5.74, 6) is -11.0. The van der Waals surface area contributed by atoms with E-state index in [0.29, 0.717) is 5.56 Å². The van der Waals surface area contributed by atoms with Gasteiger partial charge in [-0.15, -0.1) is 0 Å². The molecule has 1 amide bonds. The number of alkyl halides is 2. The normalized spacial score (nSPS) is 31.9. The van der Waals surface area contributed by atoms with Crippen molar-refractivity contribution in [2.24, 2.45) is 28.6 Å². The molecule has 2 bridgehead atoms. The number of carbonyl (C=O) groups is 8. The fourth-order valence-corrected chi connectivity index (χ4v) is 10.8. The maximum Gasteiger partial charge on any atom is 0.408 e. The van der Waals surface area contributed by atoms with Gasteiger partial charge in [-0.3, -0.25) is 24.0 Å². The molecule has 3 aliphatic carbocycles. The molecule has 358 valence electrons. The van der Waals surface area contributed by atoms with Crippen molar-refractivity contribution < 1.29 is 76.6 Å². The van der Waals surface area contributed by atoms with Gasteiger partial charge < -0.3 is 43.6 Å². The Morgan fingerprint density at radius 1 is 0.894 bits per heavy atom. The molecule has 4 aliphatic rings. The summed E-state index contributed by atoms with van der Waals surface area (Å²) >= 11 is 6.14. The fraction of sp³-hybridized carbons (Fsp3) is 0.574. The van der Waals surface area contributed by atoms with Crippen LogP contribution in [-0.2, 0) is 61.9 Å². The van der Waals surface area contributed by atoms with Crippen molar-refractivity contribution in [2.75, 3.05) is 17.3 Å². The van der Waals surface area contributed by atoms with E-state index in [0.717, 1.165) is 6.92 Å². The summed E-state index contributed by atoms with van der Waals surface area (Å²) in [6.45, 7) is 11.6. The van der Waals surface area contributed by atoms with Crippen LogP contribution in [0.1, 0.15) is 90.2 Å². The number of alkyl carbamates (subject to hydrolysis) is 1. The fourth-order valence-electron chi connectivity index (χ4n) is 10.5. The second-order valence-corrected chi connectivity index (χ2v) is 20.2. The smallest absolute Gasteiger partial charge is 0.408 e. The summed E-state index contributed by atoms with van der Waals surface area (Å²) in [4.78, 5) is 112. The van der Waals surface area contributed by atoms with E-state index in [9.17, 15) is 33.9 Å². The van der Waals surface area contributed by atoms with Gasteiger partial charge in [0.1, 0.15) is 52.3 Å². The van der Waals surface area contributed by atoms with Crippen LogP contribution in [0.3, 0.4) is 0 Å². The van der Waals surface area contributed by atoms with Crippen LogP contribution in [0.4, 0.5) is 4.79 Å². The molecule has 1 saturated heterocycles. The van der Waals surface area contributed by atoms with Crippen molar-refractivity contribution in [3.05, 3.63) is 71.8 Å². The molecule has 2 N–H and O–H groups in total. The van der Waals surface area contributed by atoms with Gasteiger partial charge in [0.25, 0.3) is 0 Å². The average Bonchev–Trinajstić information content (AvgIpc) is 3.25. The molecule has 0 radical (unpaired) electrons. The van der Waals surface area contributed by atoms with E-state index in [1.807, 2.05) is 0 Å². The van der Waals surface area contributed by atoms with E-state index < -0.39 is 136 Å². The van der Waals surface area contributed by atoms with E-state index in [1.165, 1.54) is 32.9 Å². The van der Waals surface area contributed by atoms with Crippen LogP contribution in [0, 0.1) is 28.6 Å². The summed E-state index contributed by atoms with van der Waals surface area (Å²) in [5, 5.41) is 15.7. The van der Waals surface area contributed by atoms with E-state index in [1.54, 1.807) is 76.2 Å². The van der Waals surface area contributed by atoms with Crippen molar-refractivity contribution in [1.82, 2.24) is 5.32 Å². The number of carbonyl (C=O) groups excluding carboxylic acids is 8. The first-order valence-electron chi connectivity index (χ1n) is 21.5. The molecule has 1 aliphatic heterocycles. The van der Waals surface area contributed by atoms with Gasteiger partial charge in [0.15, 0.2) is 5.60 Å². The topological polar surface area (TPSA) is 233 Å². The summed E-state index contributed by atoms with van der Waals surface area (Å²) in [5.41, 5.74) is -8.76. The van der Waals surface area contributed by atoms with Crippen molar-refractivity contribution in [2.45, 2.75) is 122 Å². The van der Waals surface area contributed by atoms with Crippen LogP contribution in [0.15, 0.2) is 60.7 Å². The van der Waals surface area contributed by atoms with Crippen LogP contribution in [0.5, 0.6) is 0 Å². The van der Waals surface area contributed by atoms with Gasteiger partial charge >= 0.3 is 35.9 Å². The first-order chi connectivity index (χ1) is 30.9. The third-order valence-corrected chi connectivity index (χ3v) is 14.5. The van der Waals surface area contributed by atoms with Gasteiger partial charge in [0.2, 0.25) is 17.7 Å². The third kappa shape index (κ3) is 9.28. The number of benzene rings is 2. The number of hydrogen-bond donors (Lipinski definition) is 2. The lowest BCUT2D eigenvalue weighted by Crippen LogP contribution is -2.83. The summed E-state index contributed by atoms with van der Waals surface area (Å²) in [7, 11) is 0. The molecule has 6 rings (SSSR count). The Labute approximate surface area is 398 Å². The van der Waals surface area contributed by atoms with Gasteiger partial charge in [0.05, 0.1) is 23.5 Å². The van der Waals surface area contributed by atoms with Crippen molar-refractivity contribution in [3.63, 3.8) is 0 Å². The maximum atomic E-state index is 15.4. The molecule has 3 saturated carbocycles. The molecule has 2 unspecified atom stereocenters. The standard InChI is InChI=1S/C47H55Br2NO16/c1-24-28(61-41(57)36(63-32(53)22-49)34(26-15-11-9-12-16-26)50-42(58)66-43(3,4)5)20-47(59)39(64-40(56)27-17-13-10-14-18-27)37-45(8,38(55)35(54)33(24)44(47,6)7)29(62-31(52)21-48)19-30-46(37,23-60-30)65-25(2)51/h9-18,24,28-30,33-34,36-37,39,59H,19-23H2,1-8H3,(H,50,58)/t24?,28-,29-,30+,33?,34-,36+,37-,39-,45+,46-,47+/m0/s1. The number of hydrogen-bond acceptors (Lipinski definition) is 16. The highest BCUT2D eigenvalue weighted by Crippen LogP contribution is 2.65. The highest BCUT2D eigenvalue weighted by Gasteiger charge is 2.80. The molecule has 1 heterocycles. The highest BCUT2D eigenvalue weighted by molar-refractivity contribution is 9.09. The van der Waals surface area contributed by atoms with Gasteiger partial charge in [-0.2, -0.15) is 0 Å². The Hall–Kier alpha value is -4.72. The lowest BCUT2D eigenvalue weighted by molar-refractivity contribution is -0.350. The minimum absolute atomic E-state index is 0.0377. The molecule has 2 aromatic carbocycles. The highest BCUT2D eigenvalue weighted by atomic mass is 79.9. The summed E-state index contributed by atoms with van der Waals surface area (Å²) in [6.07, 6.45) is -9.54. The number of rotatable bonds is 12. The number of amides is 1. The first kappa shape index (κ1) is 50.7. The number of fused-ring (bicyclic) bond motifs is 5. The van der Waals surface area contributed by atoms with Crippen LogP contribution in [0.25, 0.3) is 0 Å². The predicted molar refractivity (Wildman–Crippen MR) is 238 cm³/mol. The molecule has 4 fully saturated rings. The van der Waals surface area contributed by atoms with E-state index >= 15 is 9.59 Å². The Morgan fingerprint density at radius 2 is 1.50 bits per heavy atom. The molecule has 66 heavy (non-hydrogen) atoms. The van der Waals surface area contributed by atoms with Crippen molar-refractivity contribution >= 4 is 79.4 Å². The Bertz CT molecular complexity index is 2230. The summed E-state index contributed by atoms with van der Waals surface area (Å²) in [6, 6.07) is 14.5. The zero-order valence-corrected chi connectivity index (χ0v) is 41.0. The lowest BCUT2D eigenvalue weighted by atomic mass is 9.42.